The summed E-state index contributed by atoms with van der Waals surface area (Å²) in [5.41, 5.74) is 2.94. The van der Waals surface area contributed by atoms with Crippen LogP contribution in [0.3, 0.4) is 0 Å². The highest BCUT2D eigenvalue weighted by Gasteiger charge is 2.28. The molecular formula is C18H20N2O5S. The maximum Gasteiger partial charge on any atom is 0.338 e. The van der Waals surface area contributed by atoms with Crippen LogP contribution < -0.4 is 0 Å². The molecule has 0 unspecified atom stereocenters. The fourth-order valence-corrected chi connectivity index (χ4v) is 3.63. The SMILES string of the molecule is CCOC(=O)C1CCN(C(=O)COC(=O)c2ccc3ncsc3c2)CC1. The monoisotopic (exact) mass is 376 g/mol. The second-order valence-corrected chi connectivity index (χ2v) is 6.90. The van der Waals surface area contributed by atoms with Gasteiger partial charge in [0.2, 0.25) is 0 Å². The number of hydrogen-bond acceptors (Lipinski definition) is 7. The van der Waals surface area contributed by atoms with Gasteiger partial charge in [-0.25, -0.2) is 9.78 Å². The lowest BCUT2D eigenvalue weighted by atomic mass is 9.97. The normalized spacial score (nSPS) is 15.0. The van der Waals surface area contributed by atoms with Gasteiger partial charge in [-0.05, 0) is 38.0 Å². The van der Waals surface area contributed by atoms with Gasteiger partial charge in [0.15, 0.2) is 6.61 Å². The van der Waals surface area contributed by atoms with Crippen molar-refractivity contribution in [3.8, 4) is 0 Å². The number of hydrogen-bond donors (Lipinski definition) is 0. The molecule has 0 saturated carbocycles. The van der Waals surface area contributed by atoms with Gasteiger partial charge in [0.1, 0.15) is 0 Å². The molecule has 0 bridgehead atoms. The summed E-state index contributed by atoms with van der Waals surface area (Å²) < 4.78 is 11.1. The molecule has 26 heavy (non-hydrogen) atoms. The molecule has 3 rings (SSSR count). The minimum absolute atomic E-state index is 0.160. The second-order valence-electron chi connectivity index (χ2n) is 6.02. The number of piperidine rings is 1. The molecule has 1 aromatic heterocycles. The first-order chi connectivity index (χ1) is 12.6. The van der Waals surface area contributed by atoms with Crippen LogP contribution in [0.4, 0.5) is 0 Å². The maximum atomic E-state index is 12.2. The van der Waals surface area contributed by atoms with Crippen LogP contribution in [-0.2, 0) is 19.1 Å². The van der Waals surface area contributed by atoms with E-state index < -0.39 is 5.97 Å². The lowest BCUT2D eigenvalue weighted by Crippen LogP contribution is -2.42. The molecule has 1 aromatic carbocycles. The summed E-state index contributed by atoms with van der Waals surface area (Å²) in [4.78, 5) is 41.9. The smallest absolute Gasteiger partial charge is 0.338 e. The fraction of sp³-hybridized carbons (Fsp3) is 0.444. The quantitative estimate of drug-likeness (QED) is 0.744. The number of carbonyl (C=O) groups is 3. The first-order valence-corrected chi connectivity index (χ1v) is 9.41. The molecule has 8 heteroatoms. The molecule has 1 amide bonds. The highest BCUT2D eigenvalue weighted by Crippen LogP contribution is 2.20. The molecule has 138 valence electrons. The summed E-state index contributed by atoms with van der Waals surface area (Å²) in [7, 11) is 0. The van der Waals surface area contributed by atoms with Crippen molar-refractivity contribution in [3.05, 3.63) is 29.3 Å². The van der Waals surface area contributed by atoms with E-state index in [9.17, 15) is 14.4 Å². The van der Waals surface area contributed by atoms with Gasteiger partial charge in [-0.2, -0.15) is 0 Å². The van der Waals surface area contributed by atoms with Gasteiger partial charge in [0.25, 0.3) is 5.91 Å². The van der Waals surface area contributed by atoms with Crippen LogP contribution in [0.1, 0.15) is 30.1 Å². The van der Waals surface area contributed by atoms with Crippen LogP contribution in [0.25, 0.3) is 10.2 Å². The Bertz CT molecular complexity index is 811. The Morgan fingerprint density at radius 1 is 1.23 bits per heavy atom. The number of thiazole rings is 1. The highest BCUT2D eigenvalue weighted by molar-refractivity contribution is 7.16. The van der Waals surface area contributed by atoms with Gasteiger partial charge >= 0.3 is 11.9 Å². The average molecular weight is 376 g/mol. The van der Waals surface area contributed by atoms with E-state index in [0.29, 0.717) is 38.1 Å². The van der Waals surface area contributed by atoms with E-state index in [1.807, 2.05) is 0 Å². The number of fused-ring (bicyclic) bond motifs is 1. The Morgan fingerprint density at radius 3 is 2.73 bits per heavy atom. The number of nitrogens with zero attached hydrogens (tertiary/aromatic N) is 2. The average Bonchev–Trinajstić information content (AvgIpc) is 3.14. The van der Waals surface area contributed by atoms with Gasteiger partial charge in [0.05, 0.1) is 33.8 Å². The molecular weight excluding hydrogens is 356 g/mol. The van der Waals surface area contributed by atoms with Crippen molar-refractivity contribution in [3.63, 3.8) is 0 Å². The third-order valence-electron chi connectivity index (χ3n) is 4.36. The molecule has 0 radical (unpaired) electrons. The molecule has 2 aromatic rings. The largest absolute Gasteiger partial charge is 0.466 e. The predicted octanol–water partition coefficient (Wildman–Crippen LogP) is 2.25. The molecule has 2 heterocycles. The summed E-state index contributed by atoms with van der Waals surface area (Å²) in [6, 6.07) is 5.11. The molecule has 1 aliphatic heterocycles. The van der Waals surface area contributed by atoms with E-state index in [0.717, 1.165) is 10.2 Å². The molecule has 0 atom stereocenters. The van der Waals surface area contributed by atoms with Crippen molar-refractivity contribution in [1.82, 2.24) is 9.88 Å². The van der Waals surface area contributed by atoms with Crippen molar-refractivity contribution < 1.29 is 23.9 Å². The van der Waals surface area contributed by atoms with Crippen LogP contribution in [0, 0.1) is 5.92 Å². The Hall–Kier alpha value is -2.48. The number of ether oxygens (including phenoxy) is 2. The number of amides is 1. The maximum absolute atomic E-state index is 12.2. The number of carbonyl (C=O) groups excluding carboxylic acids is 3. The van der Waals surface area contributed by atoms with Gasteiger partial charge in [-0.1, -0.05) is 0 Å². The zero-order chi connectivity index (χ0) is 18.5. The van der Waals surface area contributed by atoms with E-state index in [2.05, 4.69) is 4.98 Å². The zero-order valence-electron chi connectivity index (χ0n) is 14.5. The highest BCUT2D eigenvalue weighted by atomic mass is 32.1. The van der Waals surface area contributed by atoms with Crippen LogP contribution in [-0.4, -0.2) is 54.0 Å². The summed E-state index contributed by atoms with van der Waals surface area (Å²) >= 11 is 1.44. The van der Waals surface area contributed by atoms with Crippen molar-refractivity contribution in [2.24, 2.45) is 5.92 Å². The van der Waals surface area contributed by atoms with E-state index in [1.54, 1.807) is 35.5 Å². The van der Waals surface area contributed by atoms with Crippen molar-refractivity contribution >= 4 is 39.4 Å². The number of likely N-dealkylation sites (tertiary alicyclic amines) is 1. The number of esters is 2. The molecule has 0 N–H and O–H groups in total. The minimum atomic E-state index is -0.532. The second kappa shape index (κ2) is 8.27. The molecule has 1 fully saturated rings. The molecule has 1 aliphatic rings. The van der Waals surface area contributed by atoms with E-state index in [-0.39, 0.29) is 24.4 Å². The van der Waals surface area contributed by atoms with Crippen molar-refractivity contribution in [2.75, 3.05) is 26.3 Å². The summed E-state index contributed by atoms with van der Waals surface area (Å²) in [5.74, 6) is -1.15. The molecule has 0 aliphatic carbocycles. The first kappa shape index (κ1) is 18.3. The van der Waals surface area contributed by atoms with Crippen LogP contribution >= 0.6 is 11.3 Å². The van der Waals surface area contributed by atoms with Crippen molar-refractivity contribution in [2.45, 2.75) is 19.8 Å². The zero-order valence-corrected chi connectivity index (χ0v) is 15.3. The Labute approximate surface area is 154 Å². The minimum Gasteiger partial charge on any atom is -0.466 e. The Balaban J connectivity index is 1.48. The number of benzene rings is 1. The van der Waals surface area contributed by atoms with Gasteiger partial charge in [-0.15, -0.1) is 11.3 Å². The molecule has 1 saturated heterocycles. The number of rotatable bonds is 5. The van der Waals surface area contributed by atoms with Crippen molar-refractivity contribution in [1.29, 1.82) is 0 Å². The van der Waals surface area contributed by atoms with E-state index >= 15 is 0 Å². The third kappa shape index (κ3) is 4.19. The standard InChI is InChI=1S/C18H20N2O5S/c1-2-24-17(22)12-5-7-20(8-6-12)16(21)10-25-18(23)13-3-4-14-15(9-13)26-11-19-14/h3-4,9,11-12H,2,5-8,10H2,1H3. The predicted molar refractivity (Wildman–Crippen MR) is 95.8 cm³/mol. The molecule has 0 spiro atoms. The van der Waals surface area contributed by atoms with E-state index in [4.69, 9.17) is 9.47 Å². The van der Waals surface area contributed by atoms with Crippen LogP contribution in [0.2, 0.25) is 0 Å². The third-order valence-corrected chi connectivity index (χ3v) is 5.15. The molecule has 7 nitrogen and oxygen atoms in total. The Kier molecular flexibility index (Phi) is 5.82. The summed E-state index contributed by atoms with van der Waals surface area (Å²) in [5, 5.41) is 0. The van der Waals surface area contributed by atoms with Crippen LogP contribution in [0.15, 0.2) is 23.7 Å². The number of aromatic nitrogens is 1. The topological polar surface area (TPSA) is 85.8 Å². The van der Waals surface area contributed by atoms with Gasteiger partial charge < -0.3 is 14.4 Å². The Morgan fingerprint density at radius 2 is 2.00 bits per heavy atom. The first-order valence-electron chi connectivity index (χ1n) is 8.53. The van der Waals surface area contributed by atoms with Crippen LogP contribution in [0.5, 0.6) is 0 Å². The summed E-state index contributed by atoms with van der Waals surface area (Å²) in [6.07, 6.45) is 1.14. The van der Waals surface area contributed by atoms with Gasteiger partial charge in [-0.3, -0.25) is 9.59 Å². The lowest BCUT2D eigenvalue weighted by Gasteiger charge is -2.30. The van der Waals surface area contributed by atoms with E-state index in [1.165, 1.54) is 11.3 Å². The van der Waals surface area contributed by atoms with Gasteiger partial charge in [0, 0.05) is 13.1 Å². The fourth-order valence-electron chi connectivity index (χ4n) is 2.91. The summed E-state index contributed by atoms with van der Waals surface area (Å²) in [6.45, 7) is 2.77. The lowest BCUT2D eigenvalue weighted by molar-refractivity contribution is -0.151.